The van der Waals surface area contributed by atoms with Crippen LogP contribution in [0.15, 0.2) is 177 Å². The van der Waals surface area contributed by atoms with Gasteiger partial charge in [-0.1, -0.05) is 139 Å². The fourth-order valence-corrected chi connectivity index (χ4v) is 10.6. The normalized spacial score (nSPS) is 13.7. The summed E-state index contributed by atoms with van der Waals surface area (Å²) in [6.07, 6.45) is 0. The van der Waals surface area contributed by atoms with Gasteiger partial charge >= 0.3 is 6.85 Å². The standard InChI is InChI=1S/C58H45BN2O3/c1-57(2,3)35-24-27-37(28-25-35)61-46-31-42-38-18-10-13-21-48(38)62-51(42)33-44(46)52-53-47(32-43-39-19-11-14-22-49(39)63-55(43)52)60(54-40-20-12-15-23-50(40)64-56(54)59(53)61)45-29-26-36(58(4,5)6)30-41(45)34-16-8-7-9-17-34/h7-33H,1-6H3. The lowest BCUT2D eigenvalue weighted by Crippen LogP contribution is -2.61. The molecule has 0 bridgehead atoms. The van der Waals surface area contributed by atoms with E-state index < -0.39 is 0 Å². The fraction of sp³-hybridized carbons (Fsp3) is 0.138. The molecule has 5 heterocycles. The second kappa shape index (κ2) is 13.1. The van der Waals surface area contributed by atoms with Crippen molar-refractivity contribution in [3.8, 4) is 22.3 Å². The van der Waals surface area contributed by atoms with Crippen molar-refractivity contribution in [2.24, 2.45) is 0 Å². The Balaban J connectivity index is 1.22. The first-order valence-electron chi connectivity index (χ1n) is 22.4. The molecule has 0 N–H and O–H groups in total. The van der Waals surface area contributed by atoms with Gasteiger partial charge in [0, 0.05) is 60.7 Å². The van der Waals surface area contributed by atoms with Crippen LogP contribution in [0, 0.1) is 0 Å². The third-order valence-corrected chi connectivity index (χ3v) is 13.8. The van der Waals surface area contributed by atoms with Gasteiger partial charge in [-0.15, -0.1) is 0 Å². The first-order chi connectivity index (χ1) is 31.0. The minimum atomic E-state index is -0.362. The van der Waals surface area contributed by atoms with Crippen molar-refractivity contribution in [3.05, 3.63) is 175 Å². The number of nitrogens with zero attached hydrogens (tertiary/aromatic N) is 2. The third kappa shape index (κ3) is 5.26. The summed E-state index contributed by atoms with van der Waals surface area (Å²) in [5.41, 5.74) is 18.5. The van der Waals surface area contributed by atoms with Gasteiger partial charge in [0.15, 0.2) is 0 Å². The molecule has 5 nitrogen and oxygen atoms in total. The number of hydrogen-bond donors (Lipinski definition) is 0. The number of rotatable bonds is 3. The molecule has 0 spiro atoms. The van der Waals surface area contributed by atoms with E-state index in [9.17, 15) is 0 Å². The maximum atomic E-state index is 7.34. The van der Waals surface area contributed by atoms with Gasteiger partial charge in [0.1, 0.15) is 33.6 Å². The van der Waals surface area contributed by atoms with E-state index in [0.29, 0.717) is 0 Å². The van der Waals surface area contributed by atoms with E-state index >= 15 is 0 Å². The summed E-state index contributed by atoms with van der Waals surface area (Å²) in [6, 6.07) is 59.3. The molecule has 2 aliphatic heterocycles. The number of furan rings is 3. The van der Waals surface area contributed by atoms with Crippen LogP contribution in [-0.4, -0.2) is 6.85 Å². The first-order valence-corrected chi connectivity index (χ1v) is 22.4. The molecule has 11 aromatic rings. The number of anilines is 5. The fourth-order valence-electron chi connectivity index (χ4n) is 10.6. The van der Waals surface area contributed by atoms with Gasteiger partial charge in [-0.05, 0) is 99.7 Å². The largest absolute Gasteiger partial charge is 0.466 e. The third-order valence-electron chi connectivity index (χ3n) is 13.8. The highest BCUT2D eigenvalue weighted by molar-refractivity contribution is 6.93. The lowest BCUT2D eigenvalue weighted by molar-refractivity contribution is 0.590. The van der Waals surface area contributed by atoms with Gasteiger partial charge < -0.3 is 23.0 Å². The zero-order valence-corrected chi connectivity index (χ0v) is 36.8. The van der Waals surface area contributed by atoms with Crippen molar-refractivity contribution in [2.45, 2.75) is 52.4 Å². The molecule has 0 fully saturated rings. The molecular formula is C58H45BN2O3. The predicted octanol–water partition coefficient (Wildman–Crippen LogP) is 15.2. The Morgan fingerprint density at radius 3 is 1.73 bits per heavy atom. The van der Waals surface area contributed by atoms with Crippen molar-refractivity contribution in [3.63, 3.8) is 0 Å². The summed E-state index contributed by atoms with van der Waals surface area (Å²) in [7, 11) is 0. The molecule has 64 heavy (non-hydrogen) atoms. The quantitative estimate of drug-likeness (QED) is 0.166. The predicted molar refractivity (Wildman–Crippen MR) is 267 cm³/mol. The van der Waals surface area contributed by atoms with Crippen LogP contribution in [-0.2, 0) is 10.8 Å². The highest BCUT2D eigenvalue weighted by Gasteiger charge is 2.50. The Kier molecular flexibility index (Phi) is 7.58. The van der Waals surface area contributed by atoms with E-state index in [1.54, 1.807) is 0 Å². The van der Waals surface area contributed by atoms with Crippen LogP contribution in [0.2, 0.25) is 0 Å². The van der Waals surface area contributed by atoms with Crippen molar-refractivity contribution >= 4 is 101 Å². The molecule has 0 unspecified atom stereocenters. The van der Waals surface area contributed by atoms with E-state index in [1.807, 2.05) is 6.07 Å². The number of fused-ring (bicyclic) bond motifs is 13. The summed E-state index contributed by atoms with van der Waals surface area (Å²) >= 11 is 0. The average Bonchev–Trinajstić information content (AvgIpc) is 3.99. The number of benzene rings is 8. The molecule has 0 atom stereocenters. The zero-order chi connectivity index (χ0) is 43.2. The van der Waals surface area contributed by atoms with Crippen LogP contribution in [0.3, 0.4) is 0 Å². The SMILES string of the molecule is CC(C)(C)c1ccc(N2B3c4oc5ccccc5c4N(c4ccc(C(C)(C)C)cc4-c4ccccc4)c4cc5c(oc6ccccc65)c(c43)-c3cc4oc5ccccc5c4cc32)cc1. The van der Waals surface area contributed by atoms with Crippen molar-refractivity contribution in [2.75, 3.05) is 9.71 Å². The minimum Gasteiger partial charge on any atom is -0.466 e. The second-order valence-electron chi connectivity index (χ2n) is 19.7. The maximum Gasteiger partial charge on any atom is 0.376 e. The molecule has 308 valence electrons. The Bertz CT molecular complexity index is 3710. The van der Waals surface area contributed by atoms with Crippen LogP contribution in [0.5, 0.6) is 0 Å². The lowest BCUT2D eigenvalue weighted by Gasteiger charge is -2.44. The van der Waals surface area contributed by atoms with Crippen LogP contribution in [0.25, 0.3) is 77.1 Å². The average molecular weight is 829 g/mol. The first kappa shape index (κ1) is 37.1. The molecule has 8 aromatic carbocycles. The Labute approximate surface area is 372 Å². The van der Waals surface area contributed by atoms with Gasteiger partial charge in [0.25, 0.3) is 0 Å². The van der Waals surface area contributed by atoms with E-state index in [1.165, 1.54) is 11.1 Å². The molecule has 13 rings (SSSR count). The van der Waals surface area contributed by atoms with Crippen molar-refractivity contribution in [1.29, 1.82) is 0 Å². The summed E-state index contributed by atoms with van der Waals surface area (Å²) in [4.78, 5) is 5.01. The monoisotopic (exact) mass is 828 g/mol. The Hall–Kier alpha value is -7.44. The highest BCUT2D eigenvalue weighted by atomic mass is 16.3. The van der Waals surface area contributed by atoms with Crippen LogP contribution >= 0.6 is 0 Å². The summed E-state index contributed by atoms with van der Waals surface area (Å²) in [5, 5.41) is 5.36. The highest BCUT2D eigenvalue weighted by Crippen LogP contribution is 2.54. The van der Waals surface area contributed by atoms with E-state index in [0.717, 1.165) is 117 Å². The lowest BCUT2D eigenvalue weighted by atomic mass is 9.45. The van der Waals surface area contributed by atoms with Gasteiger partial charge in [-0.25, -0.2) is 0 Å². The molecule has 0 saturated carbocycles. The topological polar surface area (TPSA) is 45.9 Å². The smallest absolute Gasteiger partial charge is 0.376 e. The van der Waals surface area contributed by atoms with Gasteiger partial charge in [-0.3, -0.25) is 0 Å². The molecular weight excluding hydrogens is 783 g/mol. The van der Waals surface area contributed by atoms with E-state index in [2.05, 4.69) is 209 Å². The Morgan fingerprint density at radius 2 is 1.03 bits per heavy atom. The summed E-state index contributed by atoms with van der Waals surface area (Å²) in [5.74, 6) is 0. The van der Waals surface area contributed by atoms with E-state index in [-0.39, 0.29) is 17.7 Å². The maximum absolute atomic E-state index is 7.34. The molecule has 0 aliphatic carbocycles. The van der Waals surface area contributed by atoms with Gasteiger partial charge in [0.05, 0.1) is 11.4 Å². The van der Waals surface area contributed by atoms with Crippen LogP contribution in [0.4, 0.5) is 28.4 Å². The Morgan fingerprint density at radius 1 is 0.438 bits per heavy atom. The number of para-hydroxylation sites is 3. The van der Waals surface area contributed by atoms with Crippen molar-refractivity contribution < 1.29 is 13.3 Å². The molecule has 3 aromatic heterocycles. The van der Waals surface area contributed by atoms with Gasteiger partial charge in [0.2, 0.25) is 0 Å². The van der Waals surface area contributed by atoms with Gasteiger partial charge in [-0.2, -0.15) is 0 Å². The molecule has 0 saturated heterocycles. The molecule has 6 heteroatoms. The second-order valence-corrected chi connectivity index (χ2v) is 19.7. The minimum absolute atomic E-state index is 0.0108. The van der Waals surface area contributed by atoms with E-state index in [4.69, 9.17) is 13.3 Å². The summed E-state index contributed by atoms with van der Waals surface area (Å²) < 4.78 is 21.1. The summed E-state index contributed by atoms with van der Waals surface area (Å²) in [6.45, 7) is 13.3. The zero-order valence-electron chi connectivity index (χ0n) is 36.8. The molecule has 0 radical (unpaired) electrons. The number of hydrogen-bond acceptors (Lipinski definition) is 5. The van der Waals surface area contributed by atoms with Crippen LogP contribution < -0.4 is 20.8 Å². The van der Waals surface area contributed by atoms with Crippen LogP contribution in [0.1, 0.15) is 52.7 Å². The molecule has 0 amide bonds. The molecule has 2 aliphatic rings. The van der Waals surface area contributed by atoms with Crippen molar-refractivity contribution in [1.82, 2.24) is 0 Å².